The van der Waals surface area contributed by atoms with Crippen LogP contribution in [0.1, 0.15) is 18.4 Å². The summed E-state index contributed by atoms with van der Waals surface area (Å²) < 4.78 is 13.3. The number of piperidine rings is 1. The Bertz CT molecular complexity index is 970. The fraction of sp³-hybridized carbons (Fsp3) is 0.348. The SMILES string of the molecule is Cn1ccnc1SC1CCN(C(=O)Oc2ccc(CCOc3ccncc3)cc2)CC1. The van der Waals surface area contributed by atoms with Gasteiger partial charge in [-0.05, 0) is 42.7 Å². The molecule has 4 rings (SSSR count). The third-order valence-electron chi connectivity index (χ3n) is 5.19. The van der Waals surface area contributed by atoms with Crippen molar-refractivity contribution in [2.75, 3.05) is 19.7 Å². The second-order valence-corrected chi connectivity index (χ2v) is 8.69. The maximum atomic E-state index is 12.5. The highest BCUT2D eigenvalue weighted by Crippen LogP contribution is 2.29. The summed E-state index contributed by atoms with van der Waals surface area (Å²) in [5.41, 5.74) is 1.13. The normalized spacial score (nSPS) is 14.4. The molecule has 1 amide bonds. The van der Waals surface area contributed by atoms with Gasteiger partial charge in [0, 0.05) is 56.6 Å². The van der Waals surface area contributed by atoms with Crippen LogP contribution in [0, 0.1) is 0 Å². The van der Waals surface area contributed by atoms with Crippen molar-refractivity contribution in [3.63, 3.8) is 0 Å². The van der Waals surface area contributed by atoms with Crippen LogP contribution >= 0.6 is 11.8 Å². The number of nitrogens with zero attached hydrogens (tertiary/aromatic N) is 4. The van der Waals surface area contributed by atoms with Crippen molar-refractivity contribution >= 4 is 17.9 Å². The van der Waals surface area contributed by atoms with Gasteiger partial charge in [0.1, 0.15) is 11.5 Å². The monoisotopic (exact) mass is 438 g/mol. The standard InChI is InChI=1S/C23H26N4O3S/c1-26-16-13-25-22(26)31-21-8-14-27(15-9-21)23(28)30-20-4-2-18(3-5-20)10-17-29-19-6-11-24-12-7-19/h2-7,11-13,16,21H,8-10,14-15,17H2,1H3. The number of ether oxygens (including phenoxy) is 2. The van der Waals surface area contributed by atoms with E-state index in [1.165, 1.54) is 0 Å². The van der Waals surface area contributed by atoms with E-state index in [9.17, 15) is 4.79 Å². The molecule has 1 aliphatic rings. The first-order valence-electron chi connectivity index (χ1n) is 10.4. The summed E-state index contributed by atoms with van der Waals surface area (Å²) in [5, 5.41) is 1.49. The molecule has 0 N–H and O–H groups in total. The fourth-order valence-corrected chi connectivity index (χ4v) is 4.48. The topological polar surface area (TPSA) is 69.5 Å². The molecule has 0 aliphatic carbocycles. The van der Waals surface area contributed by atoms with E-state index in [1.54, 1.807) is 29.1 Å². The van der Waals surface area contributed by atoms with Crippen molar-refractivity contribution in [2.45, 2.75) is 29.7 Å². The van der Waals surface area contributed by atoms with Crippen molar-refractivity contribution in [1.82, 2.24) is 19.4 Å². The van der Waals surface area contributed by atoms with Crippen LogP contribution in [0.2, 0.25) is 0 Å². The molecule has 0 unspecified atom stereocenters. The maximum absolute atomic E-state index is 12.5. The van der Waals surface area contributed by atoms with Crippen molar-refractivity contribution in [1.29, 1.82) is 0 Å². The summed E-state index contributed by atoms with van der Waals surface area (Å²) in [7, 11) is 2.00. The lowest BCUT2D eigenvalue weighted by Gasteiger charge is -2.30. The minimum atomic E-state index is -0.283. The van der Waals surface area contributed by atoms with E-state index in [4.69, 9.17) is 9.47 Å². The largest absolute Gasteiger partial charge is 0.493 e. The Morgan fingerprint density at radius 1 is 1.06 bits per heavy atom. The van der Waals surface area contributed by atoms with Gasteiger partial charge < -0.3 is 18.9 Å². The molecule has 0 atom stereocenters. The first kappa shape index (κ1) is 21.2. The third kappa shape index (κ3) is 6.01. The van der Waals surface area contributed by atoms with Gasteiger partial charge in [0.05, 0.1) is 6.61 Å². The molecule has 31 heavy (non-hydrogen) atoms. The highest BCUT2D eigenvalue weighted by Gasteiger charge is 2.25. The highest BCUT2D eigenvalue weighted by atomic mass is 32.2. The van der Waals surface area contributed by atoms with Crippen LogP contribution in [0.25, 0.3) is 0 Å². The molecule has 8 heteroatoms. The summed E-state index contributed by atoms with van der Waals surface area (Å²) in [5.74, 6) is 1.37. The number of likely N-dealkylation sites (tertiary alicyclic amines) is 1. The molecule has 1 aliphatic heterocycles. The van der Waals surface area contributed by atoms with E-state index in [1.807, 2.05) is 60.4 Å². The second kappa shape index (κ2) is 10.3. The van der Waals surface area contributed by atoms with Gasteiger partial charge >= 0.3 is 6.09 Å². The molecule has 2 aromatic heterocycles. The Labute approximate surface area is 186 Å². The van der Waals surface area contributed by atoms with Crippen LogP contribution in [-0.2, 0) is 13.5 Å². The van der Waals surface area contributed by atoms with Crippen LogP contribution in [0.15, 0.2) is 66.3 Å². The lowest BCUT2D eigenvalue weighted by Crippen LogP contribution is -2.40. The zero-order chi connectivity index (χ0) is 21.5. The van der Waals surface area contributed by atoms with E-state index in [2.05, 4.69) is 9.97 Å². The van der Waals surface area contributed by atoms with Gasteiger partial charge in [0.15, 0.2) is 5.16 Å². The molecule has 1 aromatic carbocycles. The van der Waals surface area contributed by atoms with Gasteiger partial charge in [-0.3, -0.25) is 4.98 Å². The van der Waals surface area contributed by atoms with E-state index in [-0.39, 0.29) is 6.09 Å². The number of hydrogen-bond acceptors (Lipinski definition) is 6. The third-order valence-corrected chi connectivity index (χ3v) is 6.60. The lowest BCUT2D eigenvalue weighted by atomic mass is 10.1. The first-order valence-corrected chi connectivity index (χ1v) is 11.3. The van der Waals surface area contributed by atoms with Crippen LogP contribution < -0.4 is 9.47 Å². The predicted octanol–water partition coefficient (Wildman–Crippen LogP) is 4.19. The number of aromatic nitrogens is 3. The van der Waals surface area contributed by atoms with E-state index < -0.39 is 0 Å². The molecule has 0 radical (unpaired) electrons. The Morgan fingerprint density at radius 3 is 2.48 bits per heavy atom. The number of rotatable bonds is 7. The molecule has 1 fully saturated rings. The van der Waals surface area contributed by atoms with Crippen LogP contribution in [-0.4, -0.2) is 50.5 Å². The molecule has 162 valence electrons. The number of pyridine rings is 1. The predicted molar refractivity (Wildman–Crippen MR) is 120 cm³/mol. The molecule has 3 heterocycles. The van der Waals surface area contributed by atoms with Gasteiger partial charge in [-0.15, -0.1) is 0 Å². The molecular weight excluding hydrogens is 412 g/mol. The minimum absolute atomic E-state index is 0.283. The lowest BCUT2D eigenvalue weighted by molar-refractivity contribution is 0.143. The summed E-state index contributed by atoms with van der Waals surface area (Å²) in [6.45, 7) is 1.98. The molecule has 0 saturated carbocycles. The van der Waals surface area contributed by atoms with Crippen molar-refractivity contribution in [3.05, 3.63) is 66.7 Å². The quantitative estimate of drug-likeness (QED) is 0.551. The van der Waals surface area contributed by atoms with Crippen LogP contribution in [0.3, 0.4) is 0 Å². The molecule has 0 bridgehead atoms. The minimum Gasteiger partial charge on any atom is -0.493 e. The zero-order valence-corrected chi connectivity index (χ0v) is 18.3. The highest BCUT2D eigenvalue weighted by molar-refractivity contribution is 7.99. The molecule has 1 saturated heterocycles. The number of amides is 1. The molecule has 3 aromatic rings. The van der Waals surface area contributed by atoms with E-state index >= 15 is 0 Å². The number of aryl methyl sites for hydroxylation is 1. The van der Waals surface area contributed by atoms with Gasteiger partial charge in [-0.25, -0.2) is 9.78 Å². The number of carbonyl (C=O) groups is 1. The van der Waals surface area contributed by atoms with Gasteiger partial charge in [0.2, 0.25) is 0 Å². The Morgan fingerprint density at radius 2 is 1.81 bits per heavy atom. The zero-order valence-electron chi connectivity index (χ0n) is 17.5. The molecule has 0 spiro atoms. The number of thioether (sulfide) groups is 1. The summed E-state index contributed by atoms with van der Waals surface area (Å²) >= 11 is 1.78. The number of imidazole rings is 1. The van der Waals surface area contributed by atoms with Gasteiger partial charge in [-0.2, -0.15) is 0 Å². The first-order chi connectivity index (χ1) is 15.2. The number of carbonyl (C=O) groups excluding carboxylic acids is 1. The van der Waals surface area contributed by atoms with E-state index in [0.717, 1.165) is 35.7 Å². The van der Waals surface area contributed by atoms with Gasteiger partial charge in [0.25, 0.3) is 0 Å². The summed E-state index contributed by atoms with van der Waals surface area (Å²) in [6, 6.07) is 11.3. The Balaban J connectivity index is 1.19. The maximum Gasteiger partial charge on any atom is 0.415 e. The number of benzene rings is 1. The average Bonchev–Trinajstić information content (AvgIpc) is 3.20. The smallest absolute Gasteiger partial charge is 0.415 e. The molecular formula is C23H26N4O3S. The Hall–Kier alpha value is -3.00. The average molecular weight is 439 g/mol. The summed E-state index contributed by atoms with van der Waals surface area (Å²) in [6.07, 6.45) is 9.54. The second-order valence-electron chi connectivity index (χ2n) is 7.42. The van der Waals surface area contributed by atoms with Crippen molar-refractivity contribution < 1.29 is 14.3 Å². The number of hydrogen-bond donors (Lipinski definition) is 0. The van der Waals surface area contributed by atoms with E-state index in [0.29, 0.717) is 30.7 Å². The summed E-state index contributed by atoms with van der Waals surface area (Å²) in [4.78, 5) is 22.6. The van der Waals surface area contributed by atoms with Gasteiger partial charge in [-0.1, -0.05) is 23.9 Å². The van der Waals surface area contributed by atoms with Crippen molar-refractivity contribution in [3.8, 4) is 11.5 Å². The molecule has 7 nitrogen and oxygen atoms in total. The Kier molecular flexibility index (Phi) is 7.09. The van der Waals surface area contributed by atoms with Crippen LogP contribution in [0.5, 0.6) is 11.5 Å². The van der Waals surface area contributed by atoms with Crippen LogP contribution in [0.4, 0.5) is 4.79 Å². The van der Waals surface area contributed by atoms with Crippen molar-refractivity contribution in [2.24, 2.45) is 7.05 Å². The fourth-order valence-electron chi connectivity index (χ4n) is 3.38.